The number of unbranched alkanes of at least 4 members (excludes halogenated alkanes) is 3. The van der Waals surface area contributed by atoms with Crippen molar-refractivity contribution in [3.05, 3.63) is 29.3 Å². The maximum absolute atomic E-state index is 5.76. The number of hydrogen-bond donors (Lipinski definition) is 0. The van der Waals surface area contributed by atoms with E-state index in [0.717, 1.165) is 12.4 Å². The Kier molecular flexibility index (Phi) is 5.23. The monoisotopic (exact) mass is 206 g/mol. The highest BCUT2D eigenvalue weighted by Gasteiger charge is 2.00. The van der Waals surface area contributed by atoms with Crippen molar-refractivity contribution in [2.24, 2.45) is 0 Å². The van der Waals surface area contributed by atoms with Crippen molar-refractivity contribution in [2.75, 3.05) is 6.61 Å². The van der Waals surface area contributed by atoms with E-state index in [1.54, 1.807) is 0 Å². The van der Waals surface area contributed by atoms with E-state index in [9.17, 15) is 0 Å². The highest BCUT2D eigenvalue weighted by molar-refractivity contribution is 5.38. The summed E-state index contributed by atoms with van der Waals surface area (Å²) in [5.41, 5.74) is 2.58. The molecule has 1 aromatic carbocycles. The molecule has 1 aromatic rings. The molecule has 0 unspecified atom stereocenters. The first-order chi connectivity index (χ1) is 7.25. The highest BCUT2D eigenvalue weighted by atomic mass is 16.5. The first kappa shape index (κ1) is 12.1. The minimum atomic E-state index is 0.851. The lowest BCUT2D eigenvalue weighted by atomic mass is 10.1. The Morgan fingerprint density at radius 3 is 2.60 bits per heavy atom. The Labute approximate surface area is 93.5 Å². The summed E-state index contributed by atoms with van der Waals surface area (Å²) >= 11 is 0. The van der Waals surface area contributed by atoms with Crippen LogP contribution in [-0.2, 0) is 0 Å². The van der Waals surface area contributed by atoms with Gasteiger partial charge in [0.15, 0.2) is 0 Å². The van der Waals surface area contributed by atoms with Crippen LogP contribution >= 0.6 is 0 Å². The molecule has 0 aliphatic rings. The first-order valence-corrected chi connectivity index (χ1v) is 5.94. The maximum atomic E-state index is 5.76. The molecule has 0 spiro atoms. The van der Waals surface area contributed by atoms with Crippen LogP contribution in [0.15, 0.2) is 18.2 Å². The number of benzene rings is 1. The fraction of sp³-hybridized carbons (Fsp3) is 0.571. The second-order valence-electron chi connectivity index (χ2n) is 4.11. The van der Waals surface area contributed by atoms with Crippen molar-refractivity contribution in [2.45, 2.75) is 46.5 Å². The molecule has 0 amide bonds. The van der Waals surface area contributed by atoms with Crippen LogP contribution in [0.4, 0.5) is 0 Å². The third-order valence-electron chi connectivity index (χ3n) is 2.81. The quantitative estimate of drug-likeness (QED) is 0.632. The molecule has 0 radical (unpaired) electrons. The predicted molar refractivity (Wildman–Crippen MR) is 65.6 cm³/mol. The Hall–Kier alpha value is -0.980. The number of ether oxygens (including phenoxy) is 1. The van der Waals surface area contributed by atoms with E-state index in [-0.39, 0.29) is 0 Å². The van der Waals surface area contributed by atoms with Crippen LogP contribution < -0.4 is 4.74 Å². The summed E-state index contributed by atoms with van der Waals surface area (Å²) in [7, 11) is 0. The molecular formula is C14H22O. The summed E-state index contributed by atoms with van der Waals surface area (Å²) in [6, 6.07) is 6.24. The van der Waals surface area contributed by atoms with E-state index >= 15 is 0 Å². The van der Waals surface area contributed by atoms with Gasteiger partial charge in [-0.25, -0.2) is 0 Å². The van der Waals surface area contributed by atoms with E-state index in [0.29, 0.717) is 0 Å². The van der Waals surface area contributed by atoms with Gasteiger partial charge in [-0.15, -0.1) is 0 Å². The van der Waals surface area contributed by atoms with Crippen LogP contribution in [0, 0.1) is 13.8 Å². The van der Waals surface area contributed by atoms with Crippen molar-refractivity contribution in [3.63, 3.8) is 0 Å². The van der Waals surface area contributed by atoms with Crippen LogP contribution in [0.2, 0.25) is 0 Å². The number of aryl methyl sites for hydroxylation is 1. The number of rotatable bonds is 6. The normalized spacial score (nSPS) is 10.3. The van der Waals surface area contributed by atoms with Gasteiger partial charge < -0.3 is 4.74 Å². The molecule has 0 N–H and O–H groups in total. The summed E-state index contributed by atoms with van der Waals surface area (Å²) in [6.07, 6.45) is 5.04. The van der Waals surface area contributed by atoms with Crippen molar-refractivity contribution in [1.29, 1.82) is 0 Å². The Balaban J connectivity index is 2.34. The van der Waals surface area contributed by atoms with Gasteiger partial charge in [0, 0.05) is 0 Å². The van der Waals surface area contributed by atoms with Gasteiger partial charge in [0.05, 0.1) is 6.61 Å². The van der Waals surface area contributed by atoms with Gasteiger partial charge in [-0.05, 0) is 37.5 Å². The van der Waals surface area contributed by atoms with E-state index < -0.39 is 0 Å². The lowest BCUT2D eigenvalue weighted by Crippen LogP contribution is -1.99. The second-order valence-corrected chi connectivity index (χ2v) is 4.11. The smallest absolute Gasteiger partial charge is 0.122 e. The molecule has 15 heavy (non-hydrogen) atoms. The Morgan fingerprint density at radius 1 is 1.07 bits per heavy atom. The van der Waals surface area contributed by atoms with Crippen LogP contribution in [0.5, 0.6) is 5.75 Å². The lowest BCUT2D eigenvalue weighted by Gasteiger charge is -2.10. The molecule has 0 heterocycles. The zero-order valence-electron chi connectivity index (χ0n) is 10.2. The van der Waals surface area contributed by atoms with E-state index in [4.69, 9.17) is 4.74 Å². The topological polar surface area (TPSA) is 9.23 Å². The Morgan fingerprint density at radius 2 is 1.87 bits per heavy atom. The van der Waals surface area contributed by atoms with Crippen LogP contribution in [0.3, 0.4) is 0 Å². The number of hydrogen-bond acceptors (Lipinski definition) is 1. The van der Waals surface area contributed by atoms with Gasteiger partial charge >= 0.3 is 0 Å². The van der Waals surface area contributed by atoms with Crippen LogP contribution in [-0.4, -0.2) is 6.61 Å². The SMILES string of the molecule is CCCCCCOc1cccc(C)c1C. The van der Waals surface area contributed by atoms with Crippen molar-refractivity contribution >= 4 is 0 Å². The third-order valence-corrected chi connectivity index (χ3v) is 2.81. The molecular weight excluding hydrogens is 184 g/mol. The molecule has 0 atom stereocenters. The largest absolute Gasteiger partial charge is 0.493 e. The van der Waals surface area contributed by atoms with Crippen molar-refractivity contribution < 1.29 is 4.74 Å². The van der Waals surface area contributed by atoms with Gasteiger partial charge in [0.2, 0.25) is 0 Å². The van der Waals surface area contributed by atoms with Gasteiger partial charge in [-0.2, -0.15) is 0 Å². The summed E-state index contributed by atoms with van der Waals surface area (Å²) in [4.78, 5) is 0. The minimum absolute atomic E-state index is 0.851. The fourth-order valence-electron chi connectivity index (χ4n) is 1.59. The second kappa shape index (κ2) is 6.49. The van der Waals surface area contributed by atoms with Crippen molar-refractivity contribution in [3.8, 4) is 5.75 Å². The molecule has 84 valence electrons. The fourth-order valence-corrected chi connectivity index (χ4v) is 1.59. The van der Waals surface area contributed by atoms with E-state index in [1.165, 1.54) is 36.8 Å². The maximum Gasteiger partial charge on any atom is 0.122 e. The van der Waals surface area contributed by atoms with Crippen molar-refractivity contribution in [1.82, 2.24) is 0 Å². The molecule has 0 bridgehead atoms. The molecule has 0 aliphatic heterocycles. The van der Waals surface area contributed by atoms with E-state index in [1.807, 2.05) is 0 Å². The van der Waals surface area contributed by atoms with Gasteiger partial charge in [-0.1, -0.05) is 38.3 Å². The van der Waals surface area contributed by atoms with E-state index in [2.05, 4.69) is 39.0 Å². The zero-order valence-corrected chi connectivity index (χ0v) is 10.2. The van der Waals surface area contributed by atoms with Gasteiger partial charge in [0.25, 0.3) is 0 Å². The highest BCUT2D eigenvalue weighted by Crippen LogP contribution is 2.20. The molecule has 0 saturated carbocycles. The molecule has 0 fully saturated rings. The molecule has 0 aliphatic carbocycles. The average molecular weight is 206 g/mol. The average Bonchev–Trinajstić information content (AvgIpc) is 2.24. The third kappa shape index (κ3) is 3.94. The summed E-state index contributed by atoms with van der Waals surface area (Å²) in [5.74, 6) is 1.05. The molecule has 1 rings (SSSR count). The minimum Gasteiger partial charge on any atom is -0.493 e. The Bertz CT molecular complexity index is 291. The van der Waals surface area contributed by atoms with Gasteiger partial charge in [-0.3, -0.25) is 0 Å². The first-order valence-electron chi connectivity index (χ1n) is 5.94. The molecule has 0 saturated heterocycles. The molecule has 1 heteroatoms. The van der Waals surface area contributed by atoms with Crippen LogP contribution in [0.25, 0.3) is 0 Å². The zero-order chi connectivity index (χ0) is 11.1. The van der Waals surface area contributed by atoms with Gasteiger partial charge in [0.1, 0.15) is 5.75 Å². The van der Waals surface area contributed by atoms with Crippen LogP contribution in [0.1, 0.15) is 43.7 Å². The summed E-state index contributed by atoms with van der Waals surface area (Å²) in [5, 5.41) is 0. The predicted octanol–water partition coefficient (Wildman–Crippen LogP) is 4.26. The molecule has 0 aromatic heterocycles. The standard InChI is InChI=1S/C14H22O/c1-4-5-6-7-11-15-14-10-8-9-12(2)13(14)3/h8-10H,4-7,11H2,1-3H3. The molecule has 1 nitrogen and oxygen atoms in total. The lowest BCUT2D eigenvalue weighted by molar-refractivity contribution is 0.303. The summed E-state index contributed by atoms with van der Waals surface area (Å²) in [6.45, 7) is 7.33. The summed E-state index contributed by atoms with van der Waals surface area (Å²) < 4.78 is 5.76.